The normalized spacial score (nSPS) is 14.4. The third-order valence-corrected chi connectivity index (χ3v) is 5.20. The van der Waals surface area contributed by atoms with E-state index in [-0.39, 0.29) is 18.0 Å². The Morgan fingerprint density at radius 2 is 1.72 bits per heavy atom. The van der Waals surface area contributed by atoms with Gasteiger partial charge in [0.05, 0.1) is 30.8 Å². The number of benzene rings is 2. The zero-order valence-electron chi connectivity index (χ0n) is 17.0. The van der Waals surface area contributed by atoms with Crippen LogP contribution in [0.5, 0.6) is 0 Å². The van der Waals surface area contributed by atoms with E-state index >= 15 is 0 Å². The summed E-state index contributed by atoms with van der Waals surface area (Å²) in [6.07, 6.45) is -4.75. The maximum atomic E-state index is 12.8. The lowest BCUT2D eigenvalue weighted by Crippen LogP contribution is -2.41. The Morgan fingerprint density at radius 3 is 2.41 bits per heavy atom. The number of halogens is 3. The third kappa shape index (κ3) is 4.88. The number of pyridine rings is 1. The summed E-state index contributed by atoms with van der Waals surface area (Å²) < 4.78 is 42.7. The van der Waals surface area contributed by atoms with Crippen molar-refractivity contribution in [1.29, 1.82) is 0 Å². The maximum absolute atomic E-state index is 12.8. The minimum Gasteiger partial charge on any atom is -0.378 e. The molecule has 32 heavy (non-hydrogen) atoms. The number of anilines is 1. The van der Waals surface area contributed by atoms with Gasteiger partial charge in [-0.25, -0.2) is 4.98 Å². The van der Waals surface area contributed by atoms with E-state index in [1.165, 1.54) is 12.1 Å². The summed E-state index contributed by atoms with van der Waals surface area (Å²) in [4.78, 5) is 30.3. The van der Waals surface area contributed by atoms with Gasteiger partial charge in [0.25, 0.3) is 0 Å². The highest BCUT2D eigenvalue weighted by atomic mass is 19.4. The van der Waals surface area contributed by atoms with E-state index in [1.807, 2.05) is 35.6 Å². The number of morpholine rings is 1. The van der Waals surface area contributed by atoms with E-state index in [9.17, 15) is 22.8 Å². The lowest BCUT2D eigenvalue weighted by Gasteiger charge is -2.27. The van der Waals surface area contributed by atoms with Gasteiger partial charge in [0.15, 0.2) is 0 Å². The molecule has 4 rings (SSSR count). The van der Waals surface area contributed by atoms with Gasteiger partial charge in [0, 0.05) is 29.7 Å². The van der Waals surface area contributed by atoms with Crippen molar-refractivity contribution in [2.45, 2.75) is 12.6 Å². The summed E-state index contributed by atoms with van der Waals surface area (Å²) in [7, 11) is 0. The number of carbonyl (C=O) groups is 2. The van der Waals surface area contributed by atoms with Crippen LogP contribution in [0.3, 0.4) is 0 Å². The molecule has 0 unspecified atom stereocenters. The number of nitrogens with zero attached hydrogens (tertiary/aromatic N) is 2. The van der Waals surface area contributed by atoms with Gasteiger partial charge in [-0.2, -0.15) is 13.2 Å². The summed E-state index contributed by atoms with van der Waals surface area (Å²) in [5.41, 5.74) is 2.79. The molecule has 0 atom stereocenters. The molecule has 9 heteroatoms. The lowest BCUT2D eigenvalue weighted by molar-refractivity contribution is -0.167. The fraction of sp³-hybridized carbons (Fsp3) is 0.261. The second-order valence-corrected chi connectivity index (χ2v) is 7.38. The molecule has 1 aliphatic rings. The van der Waals surface area contributed by atoms with E-state index < -0.39 is 12.1 Å². The first-order chi connectivity index (χ1) is 15.3. The molecule has 0 saturated carbocycles. The number of para-hydroxylation sites is 1. The van der Waals surface area contributed by atoms with Crippen LogP contribution in [0.1, 0.15) is 5.56 Å². The molecule has 0 spiro atoms. The second-order valence-electron chi connectivity index (χ2n) is 7.38. The molecule has 3 aromatic rings. The summed E-state index contributed by atoms with van der Waals surface area (Å²) in [6.45, 7) is 2.15. The van der Waals surface area contributed by atoms with E-state index in [1.54, 1.807) is 17.0 Å². The number of carbonyl (C=O) groups excluding carboxylic acids is 2. The van der Waals surface area contributed by atoms with Crippen molar-refractivity contribution in [3.8, 4) is 11.3 Å². The molecule has 1 aliphatic heterocycles. The minimum absolute atomic E-state index is 0.000754. The molecule has 1 fully saturated rings. The highest BCUT2D eigenvalue weighted by molar-refractivity contribution is 5.95. The number of fused-ring (bicyclic) bond motifs is 1. The number of ether oxygens (including phenoxy) is 1. The van der Waals surface area contributed by atoms with Crippen molar-refractivity contribution in [2.24, 2.45) is 0 Å². The number of hydrogen-bond donors (Lipinski definition) is 1. The molecule has 1 saturated heterocycles. The SMILES string of the molecule is O=C(Cc1cc(-c2ccc(NC(=O)C(F)(F)F)cc2)nc2ccccc12)N1CCOCC1. The molecule has 1 N–H and O–H groups in total. The van der Waals surface area contributed by atoms with Gasteiger partial charge in [0.1, 0.15) is 0 Å². The quantitative estimate of drug-likeness (QED) is 0.666. The van der Waals surface area contributed by atoms with Crippen LogP contribution in [0.25, 0.3) is 22.2 Å². The Labute approximate surface area is 182 Å². The average molecular weight is 443 g/mol. The van der Waals surface area contributed by atoms with Crippen LogP contribution in [0, 0.1) is 0 Å². The van der Waals surface area contributed by atoms with Crippen molar-refractivity contribution in [3.05, 3.63) is 60.2 Å². The first kappa shape index (κ1) is 21.8. The lowest BCUT2D eigenvalue weighted by atomic mass is 10.0. The topological polar surface area (TPSA) is 71.5 Å². The number of hydrogen-bond acceptors (Lipinski definition) is 4. The fourth-order valence-corrected chi connectivity index (χ4v) is 3.56. The summed E-state index contributed by atoms with van der Waals surface area (Å²) in [6, 6.07) is 15.2. The number of rotatable bonds is 4. The molecule has 6 nitrogen and oxygen atoms in total. The van der Waals surface area contributed by atoms with Gasteiger partial charge in [-0.05, 0) is 29.8 Å². The summed E-state index contributed by atoms with van der Waals surface area (Å²) >= 11 is 0. The zero-order valence-corrected chi connectivity index (χ0v) is 17.0. The third-order valence-electron chi connectivity index (χ3n) is 5.20. The number of nitrogens with one attached hydrogen (secondary N) is 1. The number of alkyl halides is 3. The zero-order chi connectivity index (χ0) is 22.7. The molecule has 1 aromatic heterocycles. The van der Waals surface area contributed by atoms with Crippen LogP contribution in [-0.2, 0) is 20.7 Å². The number of aromatic nitrogens is 1. The molecule has 2 heterocycles. The standard InChI is InChI=1S/C23H20F3N3O3/c24-23(25,26)22(31)27-17-7-5-15(6-8-17)20-13-16(18-3-1-2-4-19(18)28-20)14-21(30)29-9-11-32-12-10-29/h1-8,13H,9-12,14H2,(H,27,31). The van der Waals surface area contributed by atoms with Gasteiger partial charge in [-0.15, -0.1) is 0 Å². The average Bonchev–Trinajstić information content (AvgIpc) is 2.79. The van der Waals surface area contributed by atoms with Crippen molar-refractivity contribution < 1.29 is 27.5 Å². The highest BCUT2D eigenvalue weighted by Gasteiger charge is 2.38. The van der Waals surface area contributed by atoms with E-state index in [2.05, 4.69) is 4.98 Å². The largest absolute Gasteiger partial charge is 0.471 e. The number of amides is 2. The first-order valence-corrected chi connectivity index (χ1v) is 10.0. The Hall–Kier alpha value is -3.46. The van der Waals surface area contributed by atoms with Crippen LogP contribution >= 0.6 is 0 Å². The first-order valence-electron chi connectivity index (χ1n) is 10.0. The smallest absolute Gasteiger partial charge is 0.378 e. The van der Waals surface area contributed by atoms with Gasteiger partial charge in [-0.1, -0.05) is 30.3 Å². The Balaban J connectivity index is 1.62. The van der Waals surface area contributed by atoms with Crippen molar-refractivity contribution in [3.63, 3.8) is 0 Å². The maximum Gasteiger partial charge on any atom is 0.471 e. The van der Waals surface area contributed by atoms with E-state index in [0.717, 1.165) is 10.9 Å². The predicted molar refractivity (Wildman–Crippen MR) is 113 cm³/mol. The molecule has 2 aromatic carbocycles. The van der Waals surface area contributed by atoms with Gasteiger partial charge in [0.2, 0.25) is 5.91 Å². The van der Waals surface area contributed by atoms with Gasteiger partial charge >= 0.3 is 12.1 Å². The monoisotopic (exact) mass is 443 g/mol. The van der Waals surface area contributed by atoms with E-state index in [4.69, 9.17) is 4.74 Å². The fourth-order valence-electron chi connectivity index (χ4n) is 3.56. The van der Waals surface area contributed by atoms with Gasteiger partial charge in [-0.3, -0.25) is 9.59 Å². The summed E-state index contributed by atoms with van der Waals surface area (Å²) in [5.74, 6) is -2.03. The second kappa shape index (κ2) is 8.96. The van der Waals surface area contributed by atoms with Gasteiger partial charge < -0.3 is 15.0 Å². The Kier molecular flexibility index (Phi) is 6.09. The van der Waals surface area contributed by atoms with Crippen molar-refractivity contribution in [2.75, 3.05) is 31.6 Å². The predicted octanol–water partition coefficient (Wildman–Crippen LogP) is 3.80. The van der Waals surface area contributed by atoms with Crippen molar-refractivity contribution >= 4 is 28.4 Å². The Bertz CT molecular complexity index is 1140. The van der Waals surface area contributed by atoms with Crippen molar-refractivity contribution in [1.82, 2.24) is 9.88 Å². The van der Waals surface area contributed by atoms with E-state index in [0.29, 0.717) is 43.1 Å². The molecule has 166 valence electrons. The highest BCUT2D eigenvalue weighted by Crippen LogP contribution is 2.27. The Morgan fingerprint density at radius 1 is 1.03 bits per heavy atom. The van der Waals surface area contributed by atoms with Crippen LogP contribution in [0.4, 0.5) is 18.9 Å². The molecular weight excluding hydrogens is 423 g/mol. The minimum atomic E-state index is -4.96. The molecule has 0 bridgehead atoms. The van der Waals surface area contributed by atoms with Crippen LogP contribution in [0.15, 0.2) is 54.6 Å². The molecular formula is C23H20F3N3O3. The summed E-state index contributed by atoms with van der Waals surface area (Å²) in [5, 5.41) is 2.69. The molecule has 0 radical (unpaired) electrons. The van der Waals surface area contributed by atoms with Crippen LogP contribution in [0.2, 0.25) is 0 Å². The van der Waals surface area contributed by atoms with Crippen LogP contribution in [-0.4, -0.2) is 54.2 Å². The van der Waals surface area contributed by atoms with Crippen LogP contribution < -0.4 is 5.32 Å². The molecule has 0 aliphatic carbocycles. The molecule has 2 amide bonds.